The van der Waals surface area contributed by atoms with Crippen molar-refractivity contribution in [2.75, 3.05) is 18.9 Å². The van der Waals surface area contributed by atoms with Crippen LogP contribution in [0.2, 0.25) is 0 Å². The van der Waals surface area contributed by atoms with E-state index in [1.54, 1.807) is 12.1 Å². The summed E-state index contributed by atoms with van der Waals surface area (Å²) in [4.78, 5) is 60.2. The molecule has 218 valence electrons. The van der Waals surface area contributed by atoms with Crippen LogP contribution >= 0.6 is 0 Å². The van der Waals surface area contributed by atoms with Gasteiger partial charge >= 0.3 is 6.17 Å². The molecule has 10 nitrogen and oxygen atoms in total. The molecule has 0 bridgehead atoms. The van der Waals surface area contributed by atoms with Crippen LogP contribution < -0.4 is 10.6 Å². The van der Waals surface area contributed by atoms with Crippen LogP contribution in [0.1, 0.15) is 49.5 Å². The molecule has 5 rings (SSSR count). The van der Waals surface area contributed by atoms with E-state index in [-0.39, 0.29) is 35.9 Å². The highest BCUT2D eigenvalue weighted by atomic mass is 19.1. The van der Waals surface area contributed by atoms with Crippen molar-refractivity contribution in [3.05, 3.63) is 77.1 Å². The van der Waals surface area contributed by atoms with Crippen LogP contribution in [0.4, 0.5) is 10.1 Å². The molecule has 2 N–H and O–H groups in total. The smallest absolute Gasteiger partial charge is 0.302 e. The summed E-state index contributed by atoms with van der Waals surface area (Å²) in [6.07, 6.45) is 0.895. The van der Waals surface area contributed by atoms with Gasteiger partial charge in [-0.25, -0.2) is 11.0 Å². The van der Waals surface area contributed by atoms with Crippen molar-refractivity contribution in [2.45, 2.75) is 57.3 Å². The number of hydrogen-bond donors (Lipinski definition) is 2. The number of rotatable bonds is 7. The fraction of sp³-hybridized carbons (Fsp3) is 0.387. The lowest BCUT2D eigenvalue weighted by Gasteiger charge is -2.33. The Morgan fingerprint density at radius 2 is 1.95 bits per heavy atom. The van der Waals surface area contributed by atoms with Gasteiger partial charge in [-0.3, -0.25) is 28.9 Å². The molecule has 4 atom stereocenters. The number of nitrogens with one attached hydrogen (secondary N) is 2. The molecule has 1 aromatic heterocycles. The van der Waals surface area contributed by atoms with Gasteiger partial charge in [0.1, 0.15) is 34.5 Å². The maximum Gasteiger partial charge on any atom is 0.302 e. The third-order valence-corrected chi connectivity index (χ3v) is 8.20. The Hall–Kier alpha value is -4.72. The molecule has 0 unspecified atom stereocenters. The van der Waals surface area contributed by atoms with Gasteiger partial charge in [0.2, 0.25) is 11.8 Å². The van der Waals surface area contributed by atoms with E-state index in [1.807, 2.05) is 32.0 Å². The van der Waals surface area contributed by atoms with Gasteiger partial charge in [-0.1, -0.05) is 32.0 Å². The highest BCUT2D eigenvalue weighted by Gasteiger charge is 2.59. The summed E-state index contributed by atoms with van der Waals surface area (Å²) in [7, 11) is 1.47. The first-order valence-electron chi connectivity index (χ1n) is 13.8. The maximum atomic E-state index is 14.6. The number of carbonyl (C=O) groups excluding carboxylic acids is 4. The second-order valence-corrected chi connectivity index (χ2v) is 11.4. The van der Waals surface area contributed by atoms with Crippen molar-refractivity contribution in [3.63, 3.8) is 0 Å². The maximum absolute atomic E-state index is 14.6. The zero-order valence-electron chi connectivity index (χ0n) is 23.8. The molecule has 2 aliphatic heterocycles. The van der Waals surface area contributed by atoms with Gasteiger partial charge in [0.05, 0.1) is 12.7 Å². The van der Waals surface area contributed by atoms with Gasteiger partial charge in [0.15, 0.2) is 0 Å². The number of hydrogen-bond acceptors (Lipinski definition) is 5. The number of anilines is 1. The molecule has 0 aliphatic carbocycles. The molecule has 2 aromatic carbocycles. The molecule has 2 aliphatic rings. The lowest BCUT2D eigenvalue weighted by Crippen LogP contribution is -2.55. The fourth-order valence-electron chi connectivity index (χ4n) is 6.03. The quantitative estimate of drug-likeness (QED) is 0.416. The van der Waals surface area contributed by atoms with E-state index in [0.29, 0.717) is 17.5 Å². The van der Waals surface area contributed by atoms with Crippen molar-refractivity contribution >= 4 is 40.3 Å². The normalized spacial score (nSPS) is 20.7. The predicted molar refractivity (Wildman–Crippen MR) is 153 cm³/mol. The summed E-state index contributed by atoms with van der Waals surface area (Å²) < 4.78 is 19.9. The Labute approximate surface area is 242 Å². The first-order valence-corrected chi connectivity index (χ1v) is 13.8. The monoisotopic (exact) mass is 573 g/mol. The molecule has 3 aromatic rings. The third kappa shape index (κ3) is 4.76. The number of halogens is 1. The van der Waals surface area contributed by atoms with Crippen molar-refractivity contribution in [3.8, 4) is 0 Å². The molecular formula is C31H32FN5O5. The van der Waals surface area contributed by atoms with Crippen LogP contribution in [0, 0.1) is 18.3 Å². The Morgan fingerprint density at radius 1 is 1.21 bits per heavy atom. The fourth-order valence-corrected chi connectivity index (χ4v) is 6.03. The average Bonchev–Trinajstić information content (AvgIpc) is 3.66. The van der Waals surface area contributed by atoms with Crippen molar-refractivity contribution in [1.29, 1.82) is 0 Å². The van der Waals surface area contributed by atoms with E-state index in [4.69, 9.17) is 11.0 Å². The van der Waals surface area contributed by atoms with E-state index >= 15 is 0 Å². The number of fused-ring (bicyclic) bond motifs is 3. The second-order valence-electron chi connectivity index (χ2n) is 11.4. The number of likely N-dealkylation sites (tertiary alicyclic amines) is 1. The standard InChI is InChI=1S/C31H32FN5O5/c1-17(2)14-23(29(40)37-16-31(15-24(37)33-4)20-8-6-7-9-22(20)35-30(31)41)36(5)28(39)18(3)34-27(38)25-21(32)11-10-19-12-13-42-26(19)25/h6-13,17-18,23-24H,14-16H2,1-3,5H3,(H,34,38)(H,35,41)/t18-,23-,24-,31-/m0/s1. The topological polar surface area (TPSA) is 116 Å². The number of likely N-dealkylation sites (N-methyl/N-ethyl adjacent to an activating group) is 1. The van der Waals surface area contributed by atoms with Gasteiger partial charge in [-0.15, -0.1) is 0 Å². The SMILES string of the molecule is [C-]#[N+][C@@H]1C[C@@]2(CN1C(=O)[C@H](CC(C)C)N(C)C(=O)[C@H](C)NC(=O)c1c(F)ccc3ccoc13)C(=O)Nc1ccccc12. The highest BCUT2D eigenvalue weighted by Crippen LogP contribution is 2.47. The van der Waals surface area contributed by atoms with Crippen LogP contribution in [0.5, 0.6) is 0 Å². The molecule has 11 heteroatoms. The van der Waals surface area contributed by atoms with E-state index in [0.717, 1.165) is 11.6 Å². The minimum Gasteiger partial charge on any atom is -0.463 e. The van der Waals surface area contributed by atoms with Gasteiger partial charge in [-0.05, 0) is 49.1 Å². The number of carbonyl (C=O) groups is 4. The summed E-state index contributed by atoms with van der Waals surface area (Å²) in [5.74, 6) is -2.88. The molecule has 0 radical (unpaired) electrons. The van der Waals surface area contributed by atoms with E-state index in [1.165, 1.54) is 36.1 Å². The summed E-state index contributed by atoms with van der Waals surface area (Å²) >= 11 is 0. The van der Waals surface area contributed by atoms with Gasteiger partial charge in [-0.2, -0.15) is 0 Å². The van der Waals surface area contributed by atoms with Crippen LogP contribution in [0.25, 0.3) is 15.8 Å². The molecule has 42 heavy (non-hydrogen) atoms. The zero-order valence-corrected chi connectivity index (χ0v) is 23.8. The third-order valence-electron chi connectivity index (χ3n) is 8.20. The molecule has 0 saturated carbocycles. The number of benzene rings is 2. The van der Waals surface area contributed by atoms with Gasteiger partial charge in [0, 0.05) is 24.7 Å². The molecule has 1 spiro atoms. The Kier molecular flexibility index (Phi) is 7.49. The minimum absolute atomic E-state index is 0.00297. The number of furan rings is 1. The number of amides is 4. The lowest BCUT2D eigenvalue weighted by molar-refractivity contribution is -0.146. The first-order chi connectivity index (χ1) is 20.0. The molecular weight excluding hydrogens is 541 g/mol. The minimum atomic E-state index is -1.11. The van der Waals surface area contributed by atoms with Crippen LogP contribution in [-0.2, 0) is 19.8 Å². The van der Waals surface area contributed by atoms with E-state index < -0.39 is 47.2 Å². The molecule has 1 fully saturated rings. The van der Waals surface area contributed by atoms with Crippen molar-refractivity contribution in [1.82, 2.24) is 15.1 Å². The average molecular weight is 574 g/mol. The summed E-state index contributed by atoms with van der Waals surface area (Å²) in [6.45, 7) is 13.1. The first kappa shape index (κ1) is 28.8. The van der Waals surface area contributed by atoms with Crippen LogP contribution in [0.15, 0.2) is 53.1 Å². The van der Waals surface area contributed by atoms with E-state index in [9.17, 15) is 23.6 Å². The van der Waals surface area contributed by atoms with Gasteiger partial charge < -0.3 is 20.0 Å². The highest BCUT2D eigenvalue weighted by molar-refractivity contribution is 6.08. The second kappa shape index (κ2) is 10.9. The number of para-hydroxylation sites is 1. The largest absolute Gasteiger partial charge is 0.463 e. The Morgan fingerprint density at radius 3 is 2.67 bits per heavy atom. The molecule has 4 amide bonds. The Bertz CT molecular complexity index is 1630. The summed E-state index contributed by atoms with van der Waals surface area (Å²) in [6, 6.07) is 9.43. The predicted octanol–water partition coefficient (Wildman–Crippen LogP) is 3.93. The molecule has 3 heterocycles. The molecule has 1 saturated heterocycles. The number of nitrogens with zero attached hydrogens (tertiary/aromatic N) is 3. The van der Waals surface area contributed by atoms with Crippen LogP contribution in [-0.4, -0.2) is 65.3 Å². The van der Waals surface area contributed by atoms with Crippen molar-refractivity contribution < 1.29 is 28.0 Å². The summed E-state index contributed by atoms with van der Waals surface area (Å²) in [5.41, 5.74) is 0.118. The lowest BCUT2D eigenvalue weighted by atomic mass is 9.80. The van der Waals surface area contributed by atoms with Crippen LogP contribution in [0.3, 0.4) is 0 Å². The van der Waals surface area contributed by atoms with Gasteiger partial charge in [0.25, 0.3) is 11.8 Å². The zero-order chi connectivity index (χ0) is 30.3. The van der Waals surface area contributed by atoms with E-state index in [2.05, 4.69) is 15.5 Å². The Balaban J connectivity index is 1.37. The summed E-state index contributed by atoms with van der Waals surface area (Å²) in [5, 5.41) is 5.95. The van der Waals surface area contributed by atoms with Crippen molar-refractivity contribution in [2.24, 2.45) is 5.92 Å².